The molecule has 0 saturated heterocycles. The Hall–Kier alpha value is -3.87. The fraction of sp³-hybridized carbons (Fsp3) is 0.357. The smallest absolute Gasteiger partial charge is 0.287 e. The number of hydrogen-bond acceptors (Lipinski definition) is 9. The number of anilines is 3. The lowest BCUT2D eigenvalue weighted by Crippen LogP contribution is -2.18. The monoisotopic (exact) mass is 564 g/mol. The van der Waals surface area contributed by atoms with Crippen molar-refractivity contribution in [3.05, 3.63) is 73.1 Å². The predicted molar refractivity (Wildman–Crippen MR) is 150 cm³/mol. The Balaban J connectivity index is 1.21. The number of halogens is 1. The van der Waals surface area contributed by atoms with E-state index in [9.17, 15) is 14.7 Å². The molecule has 2 aliphatic rings. The van der Waals surface area contributed by atoms with Gasteiger partial charge in [-0.15, -0.1) is 11.3 Å². The van der Waals surface area contributed by atoms with E-state index in [0.29, 0.717) is 42.4 Å². The lowest BCUT2D eigenvalue weighted by Gasteiger charge is -2.22. The van der Waals surface area contributed by atoms with E-state index in [1.165, 1.54) is 17.4 Å². The van der Waals surface area contributed by atoms with Gasteiger partial charge in [0.1, 0.15) is 5.69 Å². The molecule has 0 fully saturated rings. The van der Waals surface area contributed by atoms with E-state index in [-0.39, 0.29) is 40.4 Å². The van der Waals surface area contributed by atoms with Crippen LogP contribution in [0.1, 0.15) is 51.3 Å². The van der Waals surface area contributed by atoms with Crippen LogP contribution in [0, 0.1) is 18.2 Å². The highest BCUT2D eigenvalue weighted by atomic mass is 32.1. The Morgan fingerprint density at radius 2 is 2.15 bits per heavy atom. The highest BCUT2D eigenvalue weighted by Gasteiger charge is 2.39. The SMILES string of the molecule is Cc1ccc(-c2cc(Nc3cc4n(n3)CCOC4)c(=O)[nH]n2)c(F)c1NCC(=O)c1cc2c(s1)CC(C)(C)C2O. The third kappa shape index (κ3) is 4.72. The number of hydrogen-bond donors (Lipinski definition) is 4. The maximum absolute atomic E-state index is 15.8. The summed E-state index contributed by atoms with van der Waals surface area (Å²) in [5.74, 6) is -0.293. The van der Waals surface area contributed by atoms with Crippen molar-refractivity contribution in [3.8, 4) is 11.3 Å². The Morgan fingerprint density at radius 3 is 2.92 bits per heavy atom. The Kier molecular flexibility index (Phi) is 6.56. The van der Waals surface area contributed by atoms with E-state index >= 15 is 4.39 Å². The van der Waals surface area contributed by atoms with E-state index in [1.807, 2.05) is 18.5 Å². The van der Waals surface area contributed by atoms with E-state index in [1.54, 1.807) is 31.2 Å². The number of rotatable bonds is 7. The third-order valence-electron chi connectivity index (χ3n) is 7.45. The van der Waals surface area contributed by atoms with Crippen molar-refractivity contribution in [1.82, 2.24) is 20.0 Å². The molecule has 40 heavy (non-hydrogen) atoms. The molecule has 0 radical (unpaired) electrons. The van der Waals surface area contributed by atoms with Crippen molar-refractivity contribution in [3.63, 3.8) is 0 Å². The summed E-state index contributed by atoms with van der Waals surface area (Å²) >= 11 is 1.38. The minimum Gasteiger partial charge on any atom is -0.388 e. The number of aryl methyl sites for hydroxylation is 1. The van der Waals surface area contributed by atoms with Gasteiger partial charge >= 0.3 is 0 Å². The third-order valence-corrected chi connectivity index (χ3v) is 8.64. The van der Waals surface area contributed by atoms with Gasteiger partial charge in [0.05, 0.1) is 54.4 Å². The van der Waals surface area contributed by atoms with Crippen LogP contribution >= 0.6 is 11.3 Å². The number of carbonyl (C=O) groups is 1. The molecule has 4 aromatic rings. The zero-order chi connectivity index (χ0) is 28.2. The number of nitrogens with zero attached hydrogens (tertiary/aromatic N) is 3. The van der Waals surface area contributed by atoms with Gasteiger partial charge in [0.15, 0.2) is 17.4 Å². The second-order valence-corrected chi connectivity index (χ2v) is 12.0. The van der Waals surface area contributed by atoms with Gasteiger partial charge in [-0.2, -0.15) is 10.2 Å². The second-order valence-electron chi connectivity index (χ2n) is 10.9. The molecule has 208 valence electrons. The van der Waals surface area contributed by atoms with Crippen molar-refractivity contribution in [2.45, 2.75) is 46.4 Å². The normalized spacial score (nSPS) is 17.4. The quantitative estimate of drug-likeness (QED) is 0.244. The average Bonchev–Trinajstić information content (AvgIpc) is 3.58. The molecule has 0 saturated carbocycles. The van der Waals surface area contributed by atoms with Gasteiger partial charge in [-0.1, -0.05) is 19.9 Å². The maximum Gasteiger partial charge on any atom is 0.287 e. The van der Waals surface area contributed by atoms with Crippen LogP contribution in [-0.2, 0) is 24.3 Å². The molecule has 1 atom stereocenters. The van der Waals surface area contributed by atoms with Crippen molar-refractivity contribution in [2.75, 3.05) is 23.8 Å². The zero-order valence-electron chi connectivity index (χ0n) is 22.3. The number of thiophene rings is 1. The molecule has 0 spiro atoms. The summed E-state index contributed by atoms with van der Waals surface area (Å²) in [6.45, 7) is 7.27. The van der Waals surface area contributed by atoms with Gasteiger partial charge in [-0.25, -0.2) is 9.49 Å². The van der Waals surface area contributed by atoms with Gasteiger partial charge in [0.25, 0.3) is 5.56 Å². The molecule has 4 N–H and O–H groups in total. The van der Waals surface area contributed by atoms with Crippen LogP contribution < -0.4 is 16.2 Å². The molecule has 1 aliphatic carbocycles. The van der Waals surface area contributed by atoms with E-state index in [4.69, 9.17) is 4.74 Å². The van der Waals surface area contributed by atoms with Crippen molar-refractivity contribution in [2.24, 2.45) is 5.41 Å². The number of fused-ring (bicyclic) bond motifs is 2. The first-order valence-corrected chi connectivity index (χ1v) is 13.8. The summed E-state index contributed by atoms with van der Waals surface area (Å²) in [4.78, 5) is 27.0. The van der Waals surface area contributed by atoms with Crippen LogP contribution in [0.5, 0.6) is 0 Å². The van der Waals surface area contributed by atoms with E-state index in [2.05, 4.69) is 25.9 Å². The molecule has 1 unspecified atom stereocenters. The largest absolute Gasteiger partial charge is 0.388 e. The van der Waals surface area contributed by atoms with Gasteiger partial charge in [-0.05, 0) is 48.1 Å². The van der Waals surface area contributed by atoms with Crippen molar-refractivity contribution >= 4 is 34.3 Å². The highest BCUT2D eigenvalue weighted by molar-refractivity contribution is 7.14. The van der Waals surface area contributed by atoms with E-state index in [0.717, 1.165) is 16.1 Å². The molecule has 6 rings (SSSR count). The lowest BCUT2D eigenvalue weighted by atomic mass is 9.88. The van der Waals surface area contributed by atoms with Gasteiger partial charge < -0.3 is 20.5 Å². The van der Waals surface area contributed by atoms with E-state index < -0.39 is 17.5 Å². The number of H-pyrrole nitrogens is 1. The Labute approximate surface area is 233 Å². The van der Waals surface area contributed by atoms with Crippen LogP contribution in [0.15, 0.2) is 35.1 Å². The summed E-state index contributed by atoms with van der Waals surface area (Å²) in [6, 6.07) is 8.34. The standard InChI is InChI=1S/C28H29FN6O4S/c1-14-4-5-16(18-10-19(27(38)33-32-18)31-23-8-15-13-39-7-6-35(15)34-23)24(29)25(14)30-12-20(36)21-9-17-22(40-21)11-28(2,3)26(17)37/h4-5,8-10,26,30,37H,6-7,11-13H2,1-3H3,(H,33,38)(H,31,32,34). The molecule has 1 aliphatic heterocycles. The number of nitrogens with one attached hydrogen (secondary N) is 3. The molecule has 1 aromatic carbocycles. The van der Waals surface area contributed by atoms with Crippen molar-refractivity contribution < 1.29 is 19.0 Å². The second kappa shape index (κ2) is 9.95. The first-order valence-electron chi connectivity index (χ1n) is 13.0. The number of carbonyl (C=O) groups excluding carboxylic acids is 1. The highest BCUT2D eigenvalue weighted by Crippen LogP contribution is 2.48. The van der Waals surface area contributed by atoms with Crippen LogP contribution in [0.25, 0.3) is 11.3 Å². The number of benzene rings is 1. The summed E-state index contributed by atoms with van der Waals surface area (Å²) in [5, 5.41) is 27.5. The minimum atomic E-state index is -0.609. The lowest BCUT2D eigenvalue weighted by molar-refractivity contribution is 0.0665. The zero-order valence-corrected chi connectivity index (χ0v) is 23.1. The number of ether oxygens (including phenoxy) is 1. The van der Waals surface area contributed by atoms with Gasteiger partial charge in [0, 0.05) is 16.5 Å². The minimum absolute atomic E-state index is 0.110. The molecule has 12 heteroatoms. The molecule has 3 aromatic heterocycles. The van der Waals surface area contributed by atoms with Crippen LogP contribution in [0.4, 0.5) is 21.6 Å². The number of aromatic nitrogens is 4. The maximum atomic E-state index is 15.8. The molecule has 4 heterocycles. The Morgan fingerprint density at radius 1 is 1.32 bits per heavy atom. The number of aliphatic hydroxyl groups excluding tert-OH is 1. The van der Waals surface area contributed by atoms with Crippen LogP contribution in [0.3, 0.4) is 0 Å². The fourth-order valence-electron chi connectivity index (χ4n) is 5.15. The predicted octanol–water partition coefficient (Wildman–Crippen LogP) is 4.33. The number of aliphatic hydroxyl groups is 1. The summed E-state index contributed by atoms with van der Waals surface area (Å²) in [7, 11) is 0. The Bertz CT molecular complexity index is 1670. The first kappa shape index (κ1) is 26.4. The molecular formula is C28H29FN6O4S. The van der Waals surface area contributed by atoms with Gasteiger partial charge in [-0.3, -0.25) is 14.3 Å². The first-order chi connectivity index (χ1) is 19.1. The van der Waals surface area contributed by atoms with Crippen LogP contribution in [-0.4, -0.2) is 44.0 Å². The van der Waals surface area contributed by atoms with Crippen LogP contribution in [0.2, 0.25) is 0 Å². The number of Topliss-reactive ketones (excluding diaryl/α,β-unsaturated/α-hetero) is 1. The fourth-order valence-corrected chi connectivity index (χ4v) is 6.52. The topological polar surface area (TPSA) is 134 Å². The molecular weight excluding hydrogens is 535 g/mol. The summed E-state index contributed by atoms with van der Waals surface area (Å²) < 4.78 is 23.0. The molecule has 0 bridgehead atoms. The van der Waals surface area contributed by atoms with Crippen molar-refractivity contribution in [1.29, 1.82) is 0 Å². The summed E-state index contributed by atoms with van der Waals surface area (Å²) in [5.41, 5.74) is 2.32. The molecule has 0 amide bonds. The number of aromatic amines is 1. The summed E-state index contributed by atoms with van der Waals surface area (Å²) in [6.07, 6.45) is 0.104. The molecule has 10 nitrogen and oxygen atoms in total. The van der Waals surface area contributed by atoms with Gasteiger partial charge in [0.2, 0.25) is 0 Å². The number of ketones is 1. The average molecular weight is 565 g/mol.